The van der Waals surface area contributed by atoms with Crippen LogP contribution >= 0.6 is 0 Å². The lowest BCUT2D eigenvalue weighted by molar-refractivity contribution is 0.0517. The molecule has 1 N–H and O–H groups in total. The van der Waals surface area contributed by atoms with Gasteiger partial charge in [-0.25, -0.2) is 22.7 Å². The molecule has 1 aromatic carbocycles. The molecule has 0 saturated carbocycles. The van der Waals surface area contributed by atoms with Gasteiger partial charge in [0.25, 0.3) is 0 Å². The van der Waals surface area contributed by atoms with Gasteiger partial charge in [0, 0.05) is 5.39 Å². The minimum Gasteiger partial charge on any atom is -0.461 e. The van der Waals surface area contributed by atoms with E-state index >= 15 is 0 Å². The van der Waals surface area contributed by atoms with Gasteiger partial charge >= 0.3 is 5.97 Å². The van der Waals surface area contributed by atoms with Gasteiger partial charge in [-0.05, 0) is 19.1 Å². The quantitative estimate of drug-likeness (QED) is 0.858. The van der Waals surface area contributed by atoms with Crippen molar-refractivity contribution in [2.75, 3.05) is 17.7 Å². The van der Waals surface area contributed by atoms with E-state index in [1.165, 1.54) is 4.68 Å². The lowest BCUT2D eigenvalue weighted by Crippen LogP contribution is -2.25. The summed E-state index contributed by atoms with van der Waals surface area (Å²) in [5.74, 6) is -0.574. The number of carbonyl (C=O) groups excluding carboxylic acids is 1. The van der Waals surface area contributed by atoms with E-state index in [1.54, 1.807) is 31.2 Å². The van der Waals surface area contributed by atoms with Crippen molar-refractivity contribution in [1.29, 1.82) is 0 Å². The summed E-state index contributed by atoms with van der Waals surface area (Å²) in [6.07, 6.45) is 1.02. The number of nitrogens with zero attached hydrogens (tertiary/aromatic N) is 1. The van der Waals surface area contributed by atoms with Crippen LogP contribution < -0.4 is 4.83 Å². The zero-order valence-electron chi connectivity index (χ0n) is 10.6. The van der Waals surface area contributed by atoms with Crippen LogP contribution in [0.1, 0.15) is 17.4 Å². The lowest BCUT2D eigenvalue weighted by atomic mass is 10.2. The zero-order valence-corrected chi connectivity index (χ0v) is 11.4. The van der Waals surface area contributed by atoms with E-state index in [0.29, 0.717) is 5.52 Å². The largest absolute Gasteiger partial charge is 0.461 e. The Hall–Kier alpha value is -2.02. The minimum absolute atomic E-state index is 0.147. The summed E-state index contributed by atoms with van der Waals surface area (Å²) in [4.78, 5) is 14.1. The van der Waals surface area contributed by atoms with Crippen molar-refractivity contribution in [3.8, 4) is 0 Å². The molecule has 19 heavy (non-hydrogen) atoms. The molecule has 0 atom stereocenters. The van der Waals surface area contributed by atoms with Gasteiger partial charge in [-0.15, -0.1) is 0 Å². The van der Waals surface area contributed by atoms with Crippen LogP contribution in [0.25, 0.3) is 10.9 Å². The number of benzene rings is 1. The Bertz CT molecular complexity index is 718. The van der Waals surface area contributed by atoms with Gasteiger partial charge in [0.1, 0.15) is 5.69 Å². The molecule has 2 aromatic rings. The number of carbonyl (C=O) groups is 1. The lowest BCUT2D eigenvalue weighted by Gasteiger charge is -2.10. The van der Waals surface area contributed by atoms with Crippen LogP contribution in [0.5, 0.6) is 0 Å². The molecular weight excluding hydrogens is 268 g/mol. The Morgan fingerprint density at radius 2 is 2.05 bits per heavy atom. The maximum absolute atomic E-state index is 11.8. The van der Waals surface area contributed by atoms with Crippen LogP contribution in [0.4, 0.5) is 0 Å². The van der Waals surface area contributed by atoms with Crippen molar-refractivity contribution in [2.24, 2.45) is 0 Å². The molecule has 6 nitrogen and oxygen atoms in total. The topological polar surface area (TPSA) is 77.4 Å². The van der Waals surface area contributed by atoms with E-state index in [0.717, 1.165) is 11.6 Å². The molecule has 1 heterocycles. The van der Waals surface area contributed by atoms with Crippen LogP contribution in [-0.4, -0.2) is 31.9 Å². The van der Waals surface area contributed by atoms with Gasteiger partial charge in [0.2, 0.25) is 10.0 Å². The first-order valence-corrected chi connectivity index (χ1v) is 7.57. The SMILES string of the molecule is CCOC(=O)c1cc2ccccc2n1NS(C)(=O)=O. The van der Waals surface area contributed by atoms with Crippen molar-refractivity contribution in [3.05, 3.63) is 36.0 Å². The molecule has 0 bridgehead atoms. The van der Waals surface area contributed by atoms with E-state index in [9.17, 15) is 13.2 Å². The number of sulfonamides is 1. The Kier molecular flexibility index (Phi) is 3.48. The summed E-state index contributed by atoms with van der Waals surface area (Å²) >= 11 is 0. The number of aromatic nitrogens is 1. The first kappa shape index (κ1) is 13.4. The maximum atomic E-state index is 11.8. The van der Waals surface area contributed by atoms with Crippen molar-refractivity contribution >= 4 is 26.9 Å². The Balaban J connectivity index is 2.61. The van der Waals surface area contributed by atoms with Crippen LogP contribution in [0.2, 0.25) is 0 Å². The predicted molar refractivity (Wildman–Crippen MR) is 72.1 cm³/mol. The van der Waals surface area contributed by atoms with E-state index in [2.05, 4.69) is 4.83 Å². The second-order valence-electron chi connectivity index (χ2n) is 4.01. The fourth-order valence-electron chi connectivity index (χ4n) is 1.77. The summed E-state index contributed by atoms with van der Waals surface area (Å²) in [5.41, 5.74) is 0.740. The smallest absolute Gasteiger partial charge is 0.356 e. The third kappa shape index (κ3) is 2.87. The summed E-state index contributed by atoms with van der Waals surface area (Å²) in [7, 11) is -3.50. The van der Waals surface area contributed by atoms with E-state index < -0.39 is 16.0 Å². The predicted octanol–water partition coefficient (Wildman–Crippen LogP) is 1.32. The number of hydrogen-bond acceptors (Lipinski definition) is 4. The summed E-state index contributed by atoms with van der Waals surface area (Å²) in [6, 6.07) is 8.67. The van der Waals surface area contributed by atoms with E-state index in [-0.39, 0.29) is 12.3 Å². The monoisotopic (exact) mass is 282 g/mol. The molecule has 102 valence electrons. The highest BCUT2D eigenvalue weighted by Gasteiger charge is 2.18. The molecule has 0 radical (unpaired) electrons. The molecule has 2 rings (SSSR count). The summed E-state index contributed by atoms with van der Waals surface area (Å²) in [6.45, 7) is 1.91. The second-order valence-corrected chi connectivity index (χ2v) is 5.73. The van der Waals surface area contributed by atoms with Gasteiger partial charge in [-0.1, -0.05) is 18.2 Å². The Morgan fingerprint density at radius 1 is 1.37 bits per heavy atom. The molecule has 0 unspecified atom stereocenters. The minimum atomic E-state index is -3.50. The van der Waals surface area contributed by atoms with Crippen LogP contribution in [0.15, 0.2) is 30.3 Å². The highest BCUT2D eigenvalue weighted by atomic mass is 32.2. The number of rotatable bonds is 4. The van der Waals surface area contributed by atoms with Gasteiger partial charge in [-0.3, -0.25) is 0 Å². The fourth-order valence-corrected chi connectivity index (χ4v) is 2.30. The highest BCUT2D eigenvalue weighted by molar-refractivity contribution is 7.91. The number of nitrogens with one attached hydrogen (secondary N) is 1. The molecule has 0 spiro atoms. The first-order chi connectivity index (χ1) is 8.92. The van der Waals surface area contributed by atoms with E-state index in [4.69, 9.17) is 4.74 Å². The van der Waals surface area contributed by atoms with Crippen LogP contribution in [0.3, 0.4) is 0 Å². The third-order valence-corrected chi connectivity index (χ3v) is 2.97. The number of ether oxygens (including phenoxy) is 1. The van der Waals surface area contributed by atoms with E-state index in [1.807, 2.05) is 6.07 Å². The number of hydrogen-bond donors (Lipinski definition) is 1. The number of para-hydroxylation sites is 1. The normalized spacial score (nSPS) is 11.5. The molecule has 0 aliphatic rings. The Labute approximate surface area is 111 Å². The van der Waals surface area contributed by atoms with Gasteiger partial charge < -0.3 is 4.74 Å². The molecule has 0 fully saturated rings. The molecule has 0 aliphatic carbocycles. The molecule has 1 aromatic heterocycles. The average Bonchev–Trinajstić information content (AvgIpc) is 2.67. The standard InChI is InChI=1S/C12H14N2O4S/c1-3-18-12(15)11-8-9-6-4-5-7-10(9)14(11)13-19(2,16)17/h4-8,13H,3H2,1-2H3. The maximum Gasteiger partial charge on any atom is 0.356 e. The number of fused-ring (bicyclic) bond motifs is 1. The van der Waals surface area contributed by atoms with Gasteiger partial charge in [-0.2, -0.15) is 0 Å². The van der Waals surface area contributed by atoms with Crippen LogP contribution in [-0.2, 0) is 14.8 Å². The average molecular weight is 282 g/mol. The third-order valence-electron chi connectivity index (χ3n) is 2.45. The zero-order chi connectivity index (χ0) is 14.0. The van der Waals surface area contributed by atoms with Crippen LogP contribution in [0, 0.1) is 0 Å². The van der Waals surface area contributed by atoms with Crippen molar-refractivity contribution in [1.82, 2.24) is 4.68 Å². The first-order valence-electron chi connectivity index (χ1n) is 5.68. The number of esters is 1. The molecule has 0 amide bonds. The van der Waals surface area contributed by atoms with Gasteiger partial charge in [0.15, 0.2) is 0 Å². The fraction of sp³-hybridized carbons (Fsp3) is 0.250. The summed E-state index contributed by atoms with van der Waals surface area (Å²) < 4.78 is 28.9. The van der Waals surface area contributed by atoms with Crippen molar-refractivity contribution < 1.29 is 17.9 Å². The molecule has 0 aliphatic heterocycles. The summed E-state index contributed by atoms with van der Waals surface area (Å²) in [5, 5.41) is 0.752. The van der Waals surface area contributed by atoms with Crippen molar-refractivity contribution in [2.45, 2.75) is 6.92 Å². The van der Waals surface area contributed by atoms with Crippen molar-refractivity contribution in [3.63, 3.8) is 0 Å². The molecule has 7 heteroatoms. The van der Waals surface area contributed by atoms with Gasteiger partial charge in [0.05, 0.1) is 18.4 Å². The highest BCUT2D eigenvalue weighted by Crippen LogP contribution is 2.19. The molecular formula is C12H14N2O4S. The molecule has 0 saturated heterocycles. The second kappa shape index (κ2) is 4.93. The Morgan fingerprint density at radius 3 is 2.68 bits per heavy atom.